The van der Waals surface area contributed by atoms with Gasteiger partial charge in [0, 0.05) is 18.9 Å². The molecule has 0 amide bonds. The number of fused-ring (bicyclic) bond motifs is 1. The predicted molar refractivity (Wildman–Crippen MR) is 107 cm³/mol. The normalized spacial score (nSPS) is 30.0. The molecule has 8 heteroatoms. The molecule has 2 N–H and O–H groups in total. The lowest BCUT2D eigenvalue weighted by Crippen LogP contribution is -2.36. The van der Waals surface area contributed by atoms with Gasteiger partial charge in [-0.05, 0) is 43.9 Å². The number of rotatable bonds is 6. The van der Waals surface area contributed by atoms with Crippen LogP contribution in [0.5, 0.6) is 0 Å². The highest BCUT2D eigenvalue weighted by atomic mass is 16.6. The molecule has 1 fully saturated rings. The fraction of sp³-hybridized carbons (Fsp3) is 0.591. The van der Waals surface area contributed by atoms with Crippen molar-refractivity contribution in [3.8, 4) is 0 Å². The van der Waals surface area contributed by atoms with Gasteiger partial charge in [-0.25, -0.2) is 4.79 Å². The van der Waals surface area contributed by atoms with Gasteiger partial charge in [-0.2, -0.15) is 0 Å². The van der Waals surface area contributed by atoms with Gasteiger partial charge in [-0.1, -0.05) is 12.7 Å². The van der Waals surface area contributed by atoms with Crippen LogP contribution in [0.15, 0.2) is 35.5 Å². The van der Waals surface area contributed by atoms with E-state index in [1.165, 1.54) is 13.8 Å². The number of hydrogen-bond acceptors (Lipinski definition) is 8. The predicted octanol–water partition coefficient (Wildman–Crippen LogP) is 1.60. The lowest BCUT2D eigenvalue weighted by molar-refractivity contribution is -0.157. The van der Waals surface area contributed by atoms with E-state index in [9.17, 15) is 24.6 Å². The van der Waals surface area contributed by atoms with Gasteiger partial charge < -0.3 is 24.4 Å². The first kappa shape index (κ1) is 23.8. The highest BCUT2D eigenvalue weighted by molar-refractivity contribution is 5.91. The van der Waals surface area contributed by atoms with Crippen LogP contribution in [0.2, 0.25) is 0 Å². The highest BCUT2D eigenvalue weighted by Crippen LogP contribution is 2.37. The fourth-order valence-electron chi connectivity index (χ4n) is 3.44. The number of allylic oxidation sites excluding steroid dienone is 1. The molecule has 30 heavy (non-hydrogen) atoms. The lowest BCUT2D eigenvalue weighted by Gasteiger charge is -2.28. The molecule has 2 aliphatic rings. The Bertz CT molecular complexity index is 748. The number of ether oxygens (including phenoxy) is 3. The van der Waals surface area contributed by atoms with Crippen LogP contribution in [0.4, 0.5) is 0 Å². The molecule has 0 unspecified atom stereocenters. The molecule has 0 aromatic carbocycles. The molecular weight excluding hydrogens is 392 g/mol. The molecule has 0 spiro atoms. The summed E-state index contributed by atoms with van der Waals surface area (Å²) in [6.07, 6.45) is 2.45. The Morgan fingerprint density at radius 1 is 1.33 bits per heavy atom. The smallest absolute Gasteiger partial charge is 0.334 e. The highest BCUT2D eigenvalue weighted by Gasteiger charge is 2.45. The van der Waals surface area contributed by atoms with Gasteiger partial charge in [0.1, 0.15) is 18.8 Å². The average molecular weight is 422 g/mol. The quantitative estimate of drug-likeness (QED) is 0.287. The Labute approximate surface area is 176 Å². The standard InChI is InChI=1S/C22H30O8/c1-12(14(3)24)21(26)29-18-8-16(10-23)6-5-7-17(11-28-15(4)25)9-19-20(18)13(2)22(27)30-19/h7-8,12,14,18-20,23-24H,2,5-6,9-11H2,1,3-4H3/b16-8-,17-7-/t12-,14+,18-,19+,20+/m1/s1. The van der Waals surface area contributed by atoms with Gasteiger partial charge in [0.2, 0.25) is 0 Å². The zero-order valence-electron chi connectivity index (χ0n) is 17.6. The van der Waals surface area contributed by atoms with E-state index in [4.69, 9.17) is 14.2 Å². The van der Waals surface area contributed by atoms with Gasteiger partial charge in [-0.3, -0.25) is 9.59 Å². The van der Waals surface area contributed by atoms with E-state index in [0.29, 0.717) is 24.8 Å². The molecule has 1 saturated heterocycles. The van der Waals surface area contributed by atoms with Crippen molar-refractivity contribution in [1.29, 1.82) is 0 Å². The van der Waals surface area contributed by atoms with Gasteiger partial charge in [0.05, 0.1) is 24.5 Å². The van der Waals surface area contributed by atoms with Crippen molar-refractivity contribution < 1.29 is 38.8 Å². The first-order chi connectivity index (χ1) is 14.1. The fourth-order valence-corrected chi connectivity index (χ4v) is 3.44. The Hall–Kier alpha value is -2.45. The van der Waals surface area contributed by atoms with Crippen molar-refractivity contribution in [2.45, 2.75) is 58.3 Å². The van der Waals surface area contributed by atoms with Crippen LogP contribution in [0.1, 0.15) is 40.0 Å². The molecular formula is C22H30O8. The molecule has 0 radical (unpaired) electrons. The second-order valence-corrected chi connectivity index (χ2v) is 7.79. The van der Waals surface area contributed by atoms with E-state index < -0.39 is 48.1 Å². The van der Waals surface area contributed by atoms with Crippen LogP contribution in [0.25, 0.3) is 0 Å². The molecule has 1 aliphatic heterocycles. The first-order valence-corrected chi connectivity index (χ1v) is 10.0. The average Bonchev–Trinajstić information content (AvgIpc) is 2.96. The Balaban J connectivity index is 2.38. The summed E-state index contributed by atoms with van der Waals surface area (Å²) in [5.74, 6) is -3.06. The van der Waals surface area contributed by atoms with E-state index in [1.54, 1.807) is 13.0 Å². The molecule has 8 nitrogen and oxygen atoms in total. The Morgan fingerprint density at radius 2 is 2.03 bits per heavy atom. The molecule has 0 saturated carbocycles. The van der Waals surface area contributed by atoms with Crippen molar-refractivity contribution >= 4 is 17.9 Å². The number of carbonyl (C=O) groups excluding carboxylic acids is 3. The second-order valence-electron chi connectivity index (χ2n) is 7.79. The summed E-state index contributed by atoms with van der Waals surface area (Å²) < 4.78 is 16.3. The summed E-state index contributed by atoms with van der Waals surface area (Å²) in [4.78, 5) is 36.0. The lowest BCUT2D eigenvalue weighted by atomic mass is 9.85. The van der Waals surface area contributed by atoms with Gasteiger partial charge in [-0.15, -0.1) is 0 Å². The first-order valence-electron chi connectivity index (χ1n) is 10.0. The number of aliphatic hydroxyl groups excluding tert-OH is 2. The third-order valence-electron chi connectivity index (χ3n) is 5.45. The summed E-state index contributed by atoms with van der Waals surface area (Å²) in [6.45, 7) is 7.99. The second kappa shape index (κ2) is 10.5. The molecule has 0 bridgehead atoms. The number of carbonyl (C=O) groups is 3. The van der Waals surface area contributed by atoms with Crippen LogP contribution in [0.3, 0.4) is 0 Å². The Kier molecular flexibility index (Phi) is 8.37. The zero-order chi connectivity index (χ0) is 22.4. The van der Waals surface area contributed by atoms with E-state index in [2.05, 4.69) is 6.58 Å². The molecule has 2 rings (SSSR count). The van der Waals surface area contributed by atoms with Crippen LogP contribution in [0, 0.1) is 11.8 Å². The van der Waals surface area contributed by atoms with Crippen molar-refractivity contribution in [3.63, 3.8) is 0 Å². The minimum atomic E-state index is -0.906. The van der Waals surface area contributed by atoms with Crippen LogP contribution in [-0.4, -0.2) is 59.6 Å². The maximum Gasteiger partial charge on any atom is 0.334 e. The largest absolute Gasteiger partial charge is 0.461 e. The minimum absolute atomic E-state index is 0.0598. The van der Waals surface area contributed by atoms with Crippen molar-refractivity contribution in [3.05, 3.63) is 35.5 Å². The topological polar surface area (TPSA) is 119 Å². The van der Waals surface area contributed by atoms with Crippen LogP contribution in [-0.2, 0) is 28.6 Å². The number of esters is 3. The molecule has 1 heterocycles. The molecule has 1 aliphatic carbocycles. The van der Waals surface area contributed by atoms with Crippen molar-refractivity contribution in [2.24, 2.45) is 11.8 Å². The summed E-state index contributed by atoms with van der Waals surface area (Å²) >= 11 is 0. The summed E-state index contributed by atoms with van der Waals surface area (Å²) in [5, 5.41) is 19.5. The molecule has 166 valence electrons. The Morgan fingerprint density at radius 3 is 2.63 bits per heavy atom. The van der Waals surface area contributed by atoms with E-state index in [1.807, 2.05) is 6.08 Å². The zero-order valence-corrected chi connectivity index (χ0v) is 17.6. The maximum absolute atomic E-state index is 12.5. The van der Waals surface area contributed by atoms with Gasteiger partial charge in [0.25, 0.3) is 0 Å². The number of aliphatic hydroxyl groups is 2. The van der Waals surface area contributed by atoms with Gasteiger partial charge >= 0.3 is 17.9 Å². The summed E-state index contributed by atoms with van der Waals surface area (Å²) in [6, 6.07) is 0. The molecule has 5 atom stereocenters. The van der Waals surface area contributed by atoms with Crippen molar-refractivity contribution in [2.75, 3.05) is 13.2 Å². The number of hydrogen-bond donors (Lipinski definition) is 2. The van der Waals surface area contributed by atoms with E-state index in [-0.39, 0.29) is 18.8 Å². The minimum Gasteiger partial charge on any atom is -0.461 e. The van der Waals surface area contributed by atoms with Crippen molar-refractivity contribution in [1.82, 2.24) is 0 Å². The third-order valence-corrected chi connectivity index (χ3v) is 5.45. The third kappa shape index (κ3) is 6.03. The summed E-state index contributed by atoms with van der Waals surface area (Å²) in [5.41, 5.74) is 1.57. The van der Waals surface area contributed by atoms with Gasteiger partial charge in [0.15, 0.2) is 0 Å². The monoisotopic (exact) mass is 422 g/mol. The van der Waals surface area contributed by atoms with Crippen LogP contribution >= 0.6 is 0 Å². The molecule has 0 aromatic heterocycles. The van der Waals surface area contributed by atoms with E-state index in [0.717, 1.165) is 5.57 Å². The molecule has 0 aromatic rings. The SMILES string of the molecule is C=C1C(=O)O[C@H]2C/C(COC(C)=O)=C/CC/C(CO)=C/[C@@H](OC(=O)[C@H](C)[C@H](C)O)[C@H]12. The van der Waals surface area contributed by atoms with E-state index >= 15 is 0 Å². The summed E-state index contributed by atoms with van der Waals surface area (Å²) in [7, 11) is 0. The van der Waals surface area contributed by atoms with Crippen LogP contribution < -0.4 is 0 Å². The maximum atomic E-state index is 12.5.